The fourth-order valence-electron chi connectivity index (χ4n) is 3.27. The van der Waals surface area contributed by atoms with Crippen molar-refractivity contribution in [2.75, 3.05) is 5.32 Å². The summed E-state index contributed by atoms with van der Waals surface area (Å²) in [5.74, 6) is 1.34. The monoisotopic (exact) mass is 312 g/mol. The van der Waals surface area contributed by atoms with Crippen molar-refractivity contribution in [3.8, 4) is 11.5 Å². The summed E-state index contributed by atoms with van der Waals surface area (Å²) >= 11 is 0. The standard InChI is InChI=1S/C19H21NO3/c1-11-9-14(10-12(2)19(11)20-13(3)21)23-18-8-7-15-16(18)5-4-6-17(15)22/h4-6,9-10,18,22H,7-8H2,1-3H3,(H,20,21)/p+1. The molecule has 1 atom stereocenters. The first kappa shape index (κ1) is 15.4. The predicted molar refractivity (Wildman–Crippen MR) is 91.4 cm³/mol. The van der Waals surface area contributed by atoms with Gasteiger partial charge in [-0.2, -0.15) is 0 Å². The summed E-state index contributed by atoms with van der Waals surface area (Å²) in [4.78, 5) is 11.3. The smallest absolute Gasteiger partial charge is 0.257 e. The van der Waals surface area contributed by atoms with Crippen molar-refractivity contribution in [1.82, 2.24) is 0 Å². The van der Waals surface area contributed by atoms with Crippen LogP contribution in [-0.2, 0) is 11.2 Å². The van der Waals surface area contributed by atoms with Crippen LogP contribution in [-0.4, -0.2) is 11.0 Å². The quantitative estimate of drug-likeness (QED) is 0.877. The highest BCUT2D eigenvalue weighted by Gasteiger charge is 2.28. The number of carbonyl (C=O) groups excluding carboxylic acids is 1. The summed E-state index contributed by atoms with van der Waals surface area (Å²) in [6.07, 6.45) is 1.79. The van der Waals surface area contributed by atoms with Crippen LogP contribution in [0.4, 0.5) is 5.69 Å². The van der Waals surface area contributed by atoms with Gasteiger partial charge < -0.3 is 15.2 Å². The summed E-state index contributed by atoms with van der Waals surface area (Å²) < 4.78 is 6.18. The molecule has 4 nitrogen and oxygen atoms in total. The van der Waals surface area contributed by atoms with Gasteiger partial charge in [0.15, 0.2) is 0 Å². The van der Waals surface area contributed by atoms with Gasteiger partial charge in [0.1, 0.15) is 11.9 Å². The lowest BCUT2D eigenvalue weighted by Gasteiger charge is -2.18. The number of anilines is 1. The van der Waals surface area contributed by atoms with Gasteiger partial charge in [0.2, 0.25) is 5.91 Å². The van der Waals surface area contributed by atoms with Crippen LogP contribution in [0, 0.1) is 13.8 Å². The van der Waals surface area contributed by atoms with E-state index in [0.717, 1.165) is 46.5 Å². The molecular formula is C19H22NO3+. The molecule has 0 saturated heterocycles. The Bertz CT molecular complexity index is 744. The fourth-order valence-corrected chi connectivity index (χ4v) is 3.27. The van der Waals surface area contributed by atoms with E-state index in [0.29, 0.717) is 5.75 Å². The molecule has 0 heterocycles. The van der Waals surface area contributed by atoms with Crippen molar-refractivity contribution >= 4 is 11.6 Å². The highest BCUT2D eigenvalue weighted by molar-refractivity contribution is 5.90. The number of nitrogens with one attached hydrogen (secondary N) is 1. The molecule has 3 rings (SSSR count). The number of fused-ring (bicyclic) bond motifs is 1. The van der Waals surface area contributed by atoms with E-state index in [-0.39, 0.29) is 12.0 Å². The van der Waals surface area contributed by atoms with Crippen LogP contribution >= 0.6 is 0 Å². The molecule has 4 heteroatoms. The zero-order valence-electron chi connectivity index (χ0n) is 13.7. The SMILES string of the molecule is CC(=O)Nc1c(C)cc(OC2CCc3c([OH2+])cccc32)cc1C. The Morgan fingerprint density at radius 3 is 2.61 bits per heavy atom. The number of ether oxygens (including phenoxy) is 1. The van der Waals surface area contributed by atoms with Crippen molar-refractivity contribution < 1.29 is 14.6 Å². The van der Waals surface area contributed by atoms with Gasteiger partial charge >= 0.3 is 0 Å². The number of rotatable bonds is 3. The second kappa shape index (κ2) is 5.95. The van der Waals surface area contributed by atoms with E-state index in [1.165, 1.54) is 6.92 Å². The minimum absolute atomic E-state index is 0.000663. The maximum Gasteiger partial charge on any atom is 0.257 e. The van der Waals surface area contributed by atoms with Crippen molar-refractivity contribution in [3.63, 3.8) is 0 Å². The number of amides is 1. The van der Waals surface area contributed by atoms with E-state index >= 15 is 0 Å². The summed E-state index contributed by atoms with van der Waals surface area (Å²) in [5, 5.41) is 10.9. The first-order valence-electron chi connectivity index (χ1n) is 7.84. The molecule has 1 amide bonds. The maximum atomic E-state index is 11.3. The van der Waals surface area contributed by atoms with Crippen LogP contribution in [0.15, 0.2) is 30.3 Å². The van der Waals surface area contributed by atoms with Crippen LogP contribution in [0.1, 0.15) is 41.7 Å². The molecule has 0 radical (unpaired) electrons. The first-order chi connectivity index (χ1) is 11.0. The van der Waals surface area contributed by atoms with Crippen LogP contribution in [0.2, 0.25) is 0 Å². The zero-order chi connectivity index (χ0) is 16.6. The summed E-state index contributed by atoms with van der Waals surface area (Å²) in [6, 6.07) is 9.72. The van der Waals surface area contributed by atoms with Gasteiger partial charge in [-0.3, -0.25) is 4.79 Å². The molecule has 3 N–H and O–H groups in total. The maximum absolute atomic E-state index is 11.3. The molecule has 1 aliphatic carbocycles. The van der Waals surface area contributed by atoms with E-state index in [4.69, 9.17) is 9.84 Å². The van der Waals surface area contributed by atoms with E-state index < -0.39 is 0 Å². The lowest BCUT2D eigenvalue weighted by atomic mass is 10.1. The summed E-state index contributed by atoms with van der Waals surface area (Å²) in [5.41, 5.74) is 5.05. The van der Waals surface area contributed by atoms with Crippen molar-refractivity contribution in [3.05, 3.63) is 52.6 Å². The van der Waals surface area contributed by atoms with Crippen molar-refractivity contribution in [1.29, 1.82) is 0 Å². The normalized spacial score (nSPS) is 16.0. The molecule has 0 spiro atoms. The number of aryl methyl sites for hydroxylation is 2. The fraction of sp³-hybridized carbons (Fsp3) is 0.316. The van der Waals surface area contributed by atoms with Crippen LogP contribution in [0.25, 0.3) is 0 Å². The van der Waals surface area contributed by atoms with Crippen LogP contribution < -0.4 is 10.1 Å². The largest absolute Gasteiger partial charge is 0.593 e. The molecule has 120 valence electrons. The second-order valence-electron chi connectivity index (χ2n) is 6.13. The summed E-state index contributed by atoms with van der Waals surface area (Å²) in [7, 11) is 0. The molecule has 23 heavy (non-hydrogen) atoms. The highest BCUT2D eigenvalue weighted by Crippen LogP contribution is 2.39. The Kier molecular flexibility index (Phi) is 3.99. The molecule has 1 aliphatic rings. The third-order valence-corrected chi connectivity index (χ3v) is 4.30. The van der Waals surface area contributed by atoms with E-state index in [9.17, 15) is 4.79 Å². The highest BCUT2D eigenvalue weighted by atomic mass is 16.5. The van der Waals surface area contributed by atoms with Crippen LogP contribution in [0.5, 0.6) is 11.5 Å². The van der Waals surface area contributed by atoms with Gasteiger partial charge in [0, 0.05) is 24.2 Å². The van der Waals surface area contributed by atoms with Gasteiger partial charge in [0.05, 0.1) is 5.56 Å². The number of carbonyl (C=O) groups is 1. The lowest BCUT2D eigenvalue weighted by Crippen LogP contribution is -2.09. The first-order valence-corrected chi connectivity index (χ1v) is 7.84. The minimum Gasteiger partial charge on any atom is -0.593 e. The van der Waals surface area contributed by atoms with Gasteiger partial charge in [-0.05, 0) is 49.9 Å². The Hall–Kier alpha value is -2.49. The average molecular weight is 312 g/mol. The third kappa shape index (κ3) is 3.02. The number of hydrogen-bond donors (Lipinski definition) is 1. The van der Waals surface area contributed by atoms with Crippen LogP contribution in [0.3, 0.4) is 0 Å². The van der Waals surface area contributed by atoms with Gasteiger partial charge in [-0.25, -0.2) is 0 Å². The minimum atomic E-state index is -0.0717. The molecular weight excluding hydrogens is 290 g/mol. The van der Waals surface area contributed by atoms with E-state index in [1.54, 1.807) is 0 Å². The Labute approximate surface area is 136 Å². The number of hydrogen-bond acceptors (Lipinski definition) is 2. The van der Waals surface area contributed by atoms with E-state index in [1.807, 2.05) is 38.1 Å². The average Bonchev–Trinajstić information content (AvgIpc) is 2.87. The zero-order valence-corrected chi connectivity index (χ0v) is 13.7. The Morgan fingerprint density at radius 1 is 1.26 bits per heavy atom. The lowest BCUT2D eigenvalue weighted by molar-refractivity contribution is -0.114. The second-order valence-corrected chi connectivity index (χ2v) is 6.13. The van der Waals surface area contributed by atoms with Gasteiger partial charge in [-0.15, -0.1) is 0 Å². The third-order valence-electron chi connectivity index (χ3n) is 4.30. The molecule has 0 aliphatic heterocycles. The predicted octanol–water partition coefficient (Wildman–Crippen LogP) is 3.77. The molecule has 1 unspecified atom stereocenters. The molecule has 2 aromatic rings. The molecule has 0 saturated carbocycles. The summed E-state index contributed by atoms with van der Waals surface area (Å²) in [6.45, 7) is 5.45. The number of benzene rings is 2. The molecule has 2 aromatic carbocycles. The van der Waals surface area contributed by atoms with Crippen molar-refractivity contribution in [2.45, 2.75) is 39.7 Å². The van der Waals surface area contributed by atoms with Gasteiger partial charge in [0.25, 0.3) is 5.75 Å². The molecule has 0 fully saturated rings. The topological polar surface area (TPSA) is 61.2 Å². The molecule has 0 bridgehead atoms. The Morgan fingerprint density at radius 2 is 1.96 bits per heavy atom. The van der Waals surface area contributed by atoms with E-state index in [2.05, 4.69) is 11.4 Å². The Balaban J connectivity index is 1.85. The van der Waals surface area contributed by atoms with Crippen molar-refractivity contribution in [2.24, 2.45) is 0 Å². The van der Waals surface area contributed by atoms with Gasteiger partial charge in [-0.1, -0.05) is 12.1 Å². The molecule has 0 aromatic heterocycles.